The van der Waals surface area contributed by atoms with E-state index in [9.17, 15) is 9.59 Å². The number of hydrogen-bond donors (Lipinski definition) is 2. The molecule has 1 heterocycles. The molecule has 134 valence electrons. The summed E-state index contributed by atoms with van der Waals surface area (Å²) in [6.07, 6.45) is 0.741. The summed E-state index contributed by atoms with van der Waals surface area (Å²) in [6, 6.07) is 9.73. The Labute approximate surface area is 143 Å². The molecule has 2 N–H and O–H groups in total. The van der Waals surface area contributed by atoms with Crippen LogP contribution in [0.1, 0.15) is 46.1 Å². The lowest BCUT2D eigenvalue weighted by molar-refractivity contribution is -0.149. The van der Waals surface area contributed by atoms with E-state index < -0.39 is 17.7 Å². The molecule has 1 amide bonds. The van der Waals surface area contributed by atoms with Crippen LogP contribution in [0.4, 0.5) is 4.79 Å². The van der Waals surface area contributed by atoms with Crippen LogP contribution >= 0.6 is 0 Å². The van der Waals surface area contributed by atoms with E-state index in [1.165, 1.54) is 0 Å². The predicted molar refractivity (Wildman–Crippen MR) is 90.7 cm³/mol. The maximum Gasteiger partial charge on any atom is 0.407 e. The van der Waals surface area contributed by atoms with Crippen molar-refractivity contribution in [1.82, 2.24) is 5.32 Å². The number of carboxylic acid groups (broad SMARTS) is 1. The Hall–Kier alpha value is -2.08. The van der Waals surface area contributed by atoms with E-state index in [1.807, 2.05) is 58.0 Å². The van der Waals surface area contributed by atoms with E-state index in [4.69, 9.17) is 14.6 Å². The monoisotopic (exact) mass is 337 g/mol. The Morgan fingerprint density at radius 2 is 1.88 bits per heavy atom. The van der Waals surface area contributed by atoms with E-state index in [0.717, 1.165) is 12.0 Å². The van der Waals surface area contributed by atoms with Crippen molar-refractivity contribution < 1.29 is 24.2 Å². The average molecular weight is 337 g/mol. The van der Waals surface area contributed by atoms with Crippen LogP contribution in [0.15, 0.2) is 30.3 Å². The van der Waals surface area contributed by atoms with E-state index in [1.54, 1.807) is 0 Å². The van der Waals surface area contributed by atoms with Crippen LogP contribution in [-0.2, 0) is 20.8 Å². The lowest BCUT2D eigenvalue weighted by atomic mass is 10.2. The molecular weight excluding hydrogens is 310 g/mol. The van der Waals surface area contributed by atoms with Crippen molar-refractivity contribution in [2.75, 3.05) is 0 Å². The molecule has 1 fully saturated rings. The molecule has 1 aliphatic rings. The van der Waals surface area contributed by atoms with Gasteiger partial charge in [-0.2, -0.15) is 0 Å². The molecule has 24 heavy (non-hydrogen) atoms. The third-order valence-electron chi connectivity index (χ3n) is 3.19. The summed E-state index contributed by atoms with van der Waals surface area (Å²) in [5, 5.41) is 11.1. The van der Waals surface area contributed by atoms with Crippen LogP contribution in [0.3, 0.4) is 0 Å². The predicted octanol–water partition coefficient (Wildman–Crippen LogP) is 3.35. The topological polar surface area (TPSA) is 84.9 Å². The lowest BCUT2D eigenvalue weighted by Gasteiger charge is -2.19. The maximum atomic E-state index is 11.3. The highest BCUT2D eigenvalue weighted by molar-refractivity contribution is 5.72. The highest BCUT2D eigenvalue weighted by Gasteiger charge is 2.27. The number of alkyl carbamates (subject to hydrolysis) is 1. The normalized spacial score (nSPS) is 19.8. The van der Waals surface area contributed by atoms with E-state index in [0.29, 0.717) is 13.0 Å². The van der Waals surface area contributed by atoms with Gasteiger partial charge < -0.3 is 19.9 Å². The van der Waals surface area contributed by atoms with Gasteiger partial charge in [0.2, 0.25) is 0 Å². The number of aliphatic carboxylic acids is 1. The first-order valence-electron chi connectivity index (χ1n) is 8.06. The molecule has 0 aliphatic carbocycles. The Bertz CT molecular complexity index is 524. The third-order valence-corrected chi connectivity index (χ3v) is 3.19. The van der Waals surface area contributed by atoms with Crippen molar-refractivity contribution in [3.05, 3.63) is 35.9 Å². The van der Waals surface area contributed by atoms with Crippen molar-refractivity contribution in [2.45, 2.75) is 64.9 Å². The summed E-state index contributed by atoms with van der Waals surface area (Å²) in [6.45, 7) is 7.91. The second kappa shape index (κ2) is 9.27. The van der Waals surface area contributed by atoms with Crippen molar-refractivity contribution >= 4 is 12.1 Å². The Morgan fingerprint density at radius 3 is 2.29 bits per heavy atom. The van der Waals surface area contributed by atoms with Gasteiger partial charge >= 0.3 is 12.1 Å². The second-order valence-electron chi connectivity index (χ2n) is 6.69. The van der Waals surface area contributed by atoms with Gasteiger partial charge in [-0.15, -0.1) is 0 Å². The zero-order valence-electron chi connectivity index (χ0n) is 14.7. The number of rotatable bonds is 3. The summed E-state index contributed by atoms with van der Waals surface area (Å²) in [4.78, 5) is 21.5. The molecule has 1 aromatic rings. The van der Waals surface area contributed by atoms with Crippen molar-refractivity contribution in [1.29, 1.82) is 0 Å². The van der Waals surface area contributed by atoms with Gasteiger partial charge in [-0.3, -0.25) is 0 Å². The molecule has 6 heteroatoms. The molecule has 0 aromatic heterocycles. The molecular formula is C18H27NO5. The van der Waals surface area contributed by atoms with Crippen molar-refractivity contribution in [2.24, 2.45) is 0 Å². The molecule has 2 atom stereocenters. The van der Waals surface area contributed by atoms with Gasteiger partial charge in [-0.25, -0.2) is 9.59 Å². The number of hydrogen-bond acceptors (Lipinski definition) is 4. The summed E-state index contributed by atoms with van der Waals surface area (Å²) >= 11 is 0. The van der Waals surface area contributed by atoms with Crippen molar-refractivity contribution in [3.63, 3.8) is 0 Å². The number of benzene rings is 1. The zero-order chi connectivity index (χ0) is 18.2. The Kier molecular flexibility index (Phi) is 7.71. The van der Waals surface area contributed by atoms with Crippen LogP contribution in [0.25, 0.3) is 0 Å². The highest BCUT2D eigenvalue weighted by Crippen LogP contribution is 2.18. The number of ether oxygens (including phenoxy) is 2. The van der Waals surface area contributed by atoms with Gasteiger partial charge in [0, 0.05) is 6.54 Å². The molecule has 1 saturated heterocycles. The molecule has 2 unspecified atom stereocenters. The average Bonchev–Trinajstić information content (AvgIpc) is 2.92. The zero-order valence-corrected chi connectivity index (χ0v) is 14.7. The Morgan fingerprint density at radius 1 is 1.25 bits per heavy atom. The van der Waals surface area contributed by atoms with Gasteiger partial charge in [0.1, 0.15) is 5.60 Å². The number of nitrogens with one attached hydrogen (secondary N) is 1. The summed E-state index contributed by atoms with van der Waals surface area (Å²) < 4.78 is 10.1. The summed E-state index contributed by atoms with van der Waals surface area (Å²) in [7, 11) is 0. The molecule has 6 nitrogen and oxygen atoms in total. The third kappa shape index (κ3) is 8.53. The quantitative estimate of drug-likeness (QED) is 0.883. The van der Waals surface area contributed by atoms with E-state index in [2.05, 4.69) is 5.32 Å². The van der Waals surface area contributed by atoms with Crippen LogP contribution in [0.5, 0.6) is 0 Å². The molecule has 1 aromatic carbocycles. The molecule has 0 radical (unpaired) electrons. The largest absolute Gasteiger partial charge is 0.479 e. The van der Waals surface area contributed by atoms with Crippen molar-refractivity contribution in [3.8, 4) is 0 Å². The van der Waals surface area contributed by atoms with Crippen LogP contribution in [0, 0.1) is 0 Å². The summed E-state index contributed by atoms with van der Waals surface area (Å²) in [5.74, 6) is -0.834. The van der Waals surface area contributed by atoms with Crippen LogP contribution < -0.4 is 5.32 Å². The number of amides is 1. The van der Waals surface area contributed by atoms with Crippen LogP contribution in [0.2, 0.25) is 0 Å². The molecule has 0 spiro atoms. The second-order valence-corrected chi connectivity index (χ2v) is 6.69. The molecule has 2 rings (SSSR count). The van der Waals surface area contributed by atoms with Gasteiger partial charge in [-0.1, -0.05) is 30.3 Å². The highest BCUT2D eigenvalue weighted by atomic mass is 16.6. The molecule has 0 saturated carbocycles. The number of carbonyl (C=O) groups excluding carboxylic acids is 1. The number of carboxylic acids is 1. The van der Waals surface area contributed by atoms with E-state index >= 15 is 0 Å². The SMILES string of the molecule is CC(C)(C)OC(=O)NCc1ccccc1.CC1CCC(C(=O)O)O1. The first-order chi connectivity index (χ1) is 11.2. The minimum Gasteiger partial charge on any atom is -0.479 e. The standard InChI is InChI=1S/C12H17NO2.C6H10O3/c1-12(2,3)15-11(14)13-9-10-7-5-4-6-8-10;1-4-2-3-5(9-4)6(7)8/h4-8H,9H2,1-3H3,(H,13,14);4-5H,2-3H2,1H3,(H,7,8). The number of carbonyl (C=O) groups is 2. The Balaban J connectivity index is 0.000000272. The summed E-state index contributed by atoms with van der Waals surface area (Å²) in [5.41, 5.74) is 0.615. The van der Waals surface area contributed by atoms with Crippen LogP contribution in [-0.4, -0.2) is 35.0 Å². The fourth-order valence-electron chi connectivity index (χ4n) is 2.07. The first kappa shape index (κ1) is 20.0. The van der Waals surface area contributed by atoms with Gasteiger partial charge in [0.15, 0.2) is 6.10 Å². The van der Waals surface area contributed by atoms with Gasteiger partial charge in [-0.05, 0) is 46.1 Å². The minimum absolute atomic E-state index is 0.131. The molecule has 1 aliphatic heterocycles. The fraction of sp³-hybridized carbons (Fsp3) is 0.556. The fourth-order valence-corrected chi connectivity index (χ4v) is 2.07. The minimum atomic E-state index is -0.834. The smallest absolute Gasteiger partial charge is 0.407 e. The maximum absolute atomic E-state index is 11.3. The van der Waals surface area contributed by atoms with E-state index in [-0.39, 0.29) is 12.2 Å². The molecule has 0 bridgehead atoms. The first-order valence-corrected chi connectivity index (χ1v) is 8.06. The van der Waals surface area contributed by atoms with Gasteiger partial charge in [0.05, 0.1) is 6.10 Å². The van der Waals surface area contributed by atoms with Gasteiger partial charge in [0.25, 0.3) is 0 Å². The lowest BCUT2D eigenvalue weighted by Crippen LogP contribution is -2.32.